The van der Waals surface area contributed by atoms with Crippen molar-refractivity contribution >= 4 is 11.7 Å². The van der Waals surface area contributed by atoms with Crippen LogP contribution in [-0.4, -0.2) is 18.2 Å². The second-order valence-corrected chi connectivity index (χ2v) is 2.95. The number of Topliss-reactive ketones (excluding diaryl/α,β-unsaturated/α-hetero) is 1. The van der Waals surface area contributed by atoms with Crippen LogP contribution in [0.25, 0.3) is 0 Å². The van der Waals surface area contributed by atoms with E-state index in [1.165, 1.54) is 6.07 Å². The Morgan fingerprint density at radius 1 is 1.38 bits per heavy atom. The number of hydrogen-bond acceptors (Lipinski definition) is 2. The summed E-state index contributed by atoms with van der Waals surface area (Å²) in [7, 11) is 0. The van der Waals surface area contributed by atoms with Crippen LogP contribution in [0.1, 0.15) is 10.4 Å². The SMILES string of the molecule is C=CC(=O)NCC(=O)c1cccc(F)c1F. The topological polar surface area (TPSA) is 46.2 Å². The van der Waals surface area contributed by atoms with Gasteiger partial charge in [0, 0.05) is 0 Å². The van der Waals surface area contributed by atoms with Gasteiger partial charge in [0.05, 0.1) is 12.1 Å². The first-order valence-corrected chi connectivity index (χ1v) is 4.43. The highest BCUT2D eigenvalue weighted by atomic mass is 19.2. The van der Waals surface area contributed by atoms with E-state index in [4.69, 9.17) is 0 Å². The quantitative estimate of drug-likeness (QED) is 0.622. The minimum Gasteiger partial charge on any atom is -0.345 e. The van der Waals surface area contributed by atoms with Crippen LogP contribution in [0.3, 0.4) is 0 Å². The number of hydrogen-bond donors (Lipinski definition) is 1. The number of carbonyl (C=O) groups excluding carboxylic acids is 2. The van der Waals surface area contributed by atoms with Gasteiger partial charge in [0.2, 0.25) is 5.91 Å². The summed E-state index contributed by atoms with van der Waals surface area (Å²) in [6.07, 6.45) is 0.981. The second kappa shape index (κ2) is 5.16. The van der Waals surface area contributed by atoms with Crippen LogP contribution < -0.4 is 5.32 Å². The van der Waals surface area contributed by atoms with E-state index in [9.17, 15) is 18.4 Å². The molecule has 0 aromatic heterocycles. The molecule has 5 heteroatoms. The fourth-order valence-electron chi connectivity index (χ4n) is 1.05. The standard InChI is InChI=1S/C11H9F2NO2/c1-2-10(16)14-6-9(15)7-4-3-5-8(12)11(7)13/h2-5H,1,6H2,(H,14,16). The van der Waals surface area contributed by atoms with Crippen molar-refractivity contribution in [3.63, 3.8) is 0 Å². The van der Waals surface area contributed by atoms with Crippen molar-refractivity contribution in [2.24, 2.45) is 0 Å². The Morgan fingerprint density at radius 3 is 2.69 bits per heavy atom. The van der Waals surface area contributed by atoms with E-state index in [0.29, 0.717) is 0 Å². The molecule has 0 saturated heterocycles. The van der Waals surface area contributed by atoms with Crippen LogP contribution in [-0.2, 0) is 4.79 Å². The number of nitrogens with one attached hydrogen (secondary N) is 1. The fourth-order valence-corrected chi connectivity index (χ4v) is 1.05. The van der Waals surface area contributed by atoms with Crippen LogP contribution in [0.15, 0.2) is 30.9 Å². The minimum absolute atomic E-state index is 0.385. The van der Waals surface area contributed by atoms with Crippen molar-refractivity contribution in [1.82, 2.24) is 5.32 Å². The largest absolute Gasteiger partial charge is 0.345 e. The third-order valence-corrected chi connectivity index (χ3v) is 1.86. The van der Waals surface area contributed by atoms with Crippen LogP contribution >= 0.6 is 0 Å². The van der Waals surface area contributed by atoms with Crippen molar-refractivity contribution in [1.29, 1.82) is 0 Å². The summed E-state index contributed by atoms with van der Waals surface area (Å²) in [5.41, 5.74) is -0.385. The van der Waals surface area contributed by atoms with Gasteiger partial charge in [-0.15, -0.1) is 0 Å². The van der Waals surface area contributed by atoms with Crippen LogP contribution in [0.5, 0.6) is 0 Å². The molecule has 1 aromatic rings. The van der Waals surface area contributed by atoms with Crippen LogP contribution in [0, 0.1) is 11.6 Å². The maximum Gasteiger partial charge on any atom is 0.243 e. The van der Waals surface area contributed by atoms with Crippen molar-refractivity contribution in [3.05, 3.63) is 48.1 Å². The number of amides is 1. The average molecular weight is 225 g/mol. The van der Waals surface area contributed by atoms with E-state index >= 15 is 0 Å². The van der Waals surface area contributed by atoms with Gasteiger partial charge in [0.1, 0.15) is 0 Å². The van der Waals surface area contributed by atoms with Crippen molar-refractivity contribution in [2.75, 3.05) is 6.54 Å². The summed E-state index contributed by atoms with van der Waals surface area (Å²) in [5.74, 6) is -3.56. The fraction of sp³-hybridized carbons (Fsp3) is 0.0909. The zero-order valence-electron chi connectivity index (χ0n) is 8.30. The van der Waals surface area contributed by atoms with Gasteiger partial charge < -0.3 is 5.32 Å². The first-order chi connectivity index (χ1) is 7.56. The normalized spacial score (nSPS) is 9.62. The number of halogens is 2. The van der Waals surface area contributed by atoms with Gasteiger partial charge in [0.25, 0.3) is 0 Å². The molecule has 0 radical (unpaired) electrons. The highest BCUT2D eigenvalue weighted by Crippen LogP contribution is 2.11. The molecule has 16 heavy (non-hydrogen) atoms. The van der Waals surface area contributed by atoms with Gasteiger partial charge in [-0.05, 0) is 18.2 Å². The number of benzene rings is 1. The molecule has 0 saturated carbocycles. The molecule has 0 aliphatic carbocycles. The lowest BCUT2D eigenvalue weighted by Crippen LogP contribution is -2.28. The summed E-state index contributed by atoms with van der Waals surface area (Å²) in [6, 6.07) is 3.29. The van der Waals surface area contributed by atoms with E-state index in [-0.39, 0.29) is 5.56 Å². The number of ketones is 1. The first-order valence-electron chi connectivity index (χ1n) is 4.43. The lowest BCUT2D eigenvalue weighted by molar-refractivity contribution is -0.116. The van der Waals surface area contributed by atoms with Gasteiger partial charge >= 0.3 is 0 Å². The Hall–Kier alpha value is -2.04. The monoisotopic (exact) mass is 225 g/mol. The molecule has 3 nitrogen and oxygen atoms in total. The summed E-state index contributed by atoms with van der Waals surface area (Å²) in [5, 5.41) is 2.18. The third-order valence-electron chi connectivity index (χ3n) is 1.86. The highest BCUT2D eigenvalue weighted by Gasteiger charge is 2.14. The molecule has 1 N–H and O–H groups in total. The van der Waals surface area contributed by atoms with Gasteiger partial charge in [-0.1, -0.05) is 12.6 Å². The zero-order chi connectivity index (χ0) is 12.1. The Bertz CT molecular complexity index is 444. The summed E-state index contributed by atoms with van der Waals surface area (Å²) in [4.78, 5) is 22.1. The molecule has 1 amide bonds. The molecule has 0 bridgehead atoms. The lowest BCUT2D eigenvalue weighted by atomic mass is 10.1. The molecule has 0 aliphatic rings. The van der Waals surface area contributed by atoms with E-state index in [1.807, 2.05) is 0 Å². The van der Waals surface area contributed by atoms with E-state index < -0.39 is 29.9 Å². The lowest BCUT2D eigenvalue weighted by Gasteiger charge is -2.03. The summed E-state index contributed by atoms with van der Waals surface area (Å²) >= 11 is 0. The first kappa shape index (κ1) is 12.0. The molecule has 0 heterocycles. The summed E-state index contributed by atoms with van der Waals surface area (Å²) < 4.78 is 25.9. The molecule has 0 spiro atoms. The van der Waals surface area contributed by atoms with Gasteiger partial charge in [-0.2, -0.15) is 0 Å². The maximum atomic E-state index is 13.1. The Balaban J connectivity index is 2.77. The maximum absolute atomic E-state index is 13.1. The van der Waals surface area contributed by atoms with Crippen molar-refractivity contribution in [3.8, 4) is 0 Å². The Morgan fingerprint density at radius 2 is 2.06 bits per heavy atom. The predicted octanol–water partition coefficient (Wildman–Crippen LogP) is 1.45. The molecule has 1 rings (SSSR count). The smallest absolute Gasteiger partial charge is 0.243 e. The van der Waals surface area contributed by atoms with Gasteiger partial charge in [0.15, 0.2) is 17.4 Å². The van der Waals surface area contributed by atoms with E-state index in [2.05, 4.69) is 11.9 Å². The van der Waals surface area contributed by atoms with Crippen molar-refractivity contribution < 1.29 is 18.4 Å². The average Bonchev–Trinajstić information content (AvgIpc) is 2.29. The van der Waals surface area contributed by atoms with Crippen LogP contribution in [0.2, 0.25) is 0 Å². The number of carbonyl (C=O) groups is 2. The Kier molecular flexibility index (Phi) is 3.88. The van der Waals surface area contributed by atoms with Gasteiger partial charge in [-0.25, -0.2) is 8.78 Å². The van der Waals surface area contributed by atoms with Crippen LogP contribution in [0.4, 0.5) is 8.78 Å². The molecule has 0 fully saturated rings. The molecule has 0 unspecified atom stereocenters. The molecule has 1 aromatic carbocycles. The van der Waals surface area contributed by atoms with Crippen molar-refractivity contribution in [2.45, 2.75) is 0 Å². The molecule has 84 valence electrons. The molecule has 0 atom stereocenters. The predicted molar refractivity (Wildman–Crippen MR) is 53.9 cm³/mol. The number of rotatable bonds is 4. The highest BCUT2D eigenvalue weighted by molar-refractivity contribution is 6.00. The summed E-state index contributed by atoms with van der Waals surface area (Å²) in [6.45, 7) is 2.79. The Labute approximate surface area is 90.8 Å². The van der Waals surface area contributed by atoms with Gasteiger partial charge in [-0.3, -0.25) is 9.59 Å². The van der Waals surface area contributed by atoms with E-state index in [0.717, 1.165) is 18.2 Å². The molecule has 0 aliphatic heterocycles. The third kappa shape index (κ3) is 2.73. The minimum atomic E-state index is -1.21. The zero-order valence-corrected chi connectivity index (χ0v) is 8.30. The van der Waals surface area contributed by atoms with E-state index in [1.54, 1.807) is 0 Å². The second-order valence-electron chi connectivity index (χ2n) is 2.95. The molecular formula is C11H9F2NO2. The molecular weight excluding hydrogens is 216 g/mol.